The number of nitrogens with two attached hydrogens (primary N) is 1. The minimum absolute atomic E-state index is 0.158. The molecule has 3 N–H and O–H groups in total. The minimum Gasteiger partial charge on any atom is -0.494 e. The van der Waals surface area contributed by atoms with Crippen molar-refractivity contribution in [3.8, 4) is 5.75 Å². The van der Waals surface area contributed by atoms with E-state index < -0.39 is 10.0 Å². The predicted octanol–water partition coefficient (Wildman–Crippen LogP) is 1.82. The molecule has 1 saturated carbocycles. The average Bonchev–Trinajstić information content (AvgIpc) is 3.13. The summed E-state index contributed by atoms with van der Waals surface area (Å²) in [5, 5.41) is 0. The molecule has 0 amide bonds. The molecule has 2 rings (SSSR count). The summed E-state index contributed by atoms with van der Waals surface area (Å²) in [5.74, 6) is 1.19. The van der Waals surface area contributed by atoms with Crippen LogP contribution >= 0.6 is 0 Å². The van der Waals surface area contributed by atoms with E-state index in [0.717, 1.165) is 19.3 Å². The van der Waals surface area contributed by atoms with Gasteiger partial charge in [0.15, 0.2) is 0 Å². The lowest BCUT2D eigenvalue weighted by molar-refractivity contribution is 0.417. The highest BCUT2D eigenvalue weighted by atomic mass is 32.2. The van der Waals surface area contributed by atoms with Crippen LogP contribution in [0.1, 0.15) is 19.3 Å². The normalized spacial score (nSPS) is 15.4. The second-order valence-electron chi connectivity index (χ2n) is 4.61. The third kappa shape index (κ3) is 3.53. The van der Waals surface area contributed by atoms with Crippen molar-refractivity contribution in [2.45, 2.75) is 19.3 Å². The van der Waals surface area contributed by atoms with Gasteiger partial charge in [0.05, 0.1) is 18.6 Å². The molecule has 0 aromatic heterocycles. The summed E-state index contributed by atoms with van der Waals surface area (Å²) in [6.07, 6.45) is 3.04. The maximum atomic E-state index is 11.9. The third-order valence-corrected chi connectivity index (χ3v) is 4.29. The summed E-state index contributed by atoms with van der Waals surface area (Å²) in [6.45, 7) is 0. The second kappa shape index (κ2) is 5.06. The van der Waals surface area contributed by atoms with Gasteiger partial charge in [-0.05, 0) is 24.5 Å². The number of rotatable bonds is 6. The molecule has 1 fully saturated rings. The Hall–Kier alpha value is -1.43. The first-order valence-corrected chi connectivity index (χ1v) is 7.59. The first-order chi connectivity index (χ1) is 8.50. The van der Waals surface area contributed by atoms with Gasteiger partial charge in [0.25, 0.3) is 0 Å². The van der Waals surface area contributed by atoms with Gasteiger partial charge in [-0.2, -0.15) is 0 Å². The predicted molar refractivity (Wildman–Crippen MR) is 72.2 cm³/mol. The van der Waals surface area contributed by atoms with Crippen LogP contribution in [0.5, 0.6) is 5.75 Å². The van der Waals surface area contributed by atoms with Gasteiger partial charge in [-0.25, -0.2) is 8.42 Å². The van der Waals surface area contributed by atoms with Crippen molar-refractivity contribution >= 4 is 21.4 Å². The highest BCUT2D eigenvalue weighted by Gasteiger charge is 2.24. The maximum absolute atomic E-state index is 11.9. The number of nitrogen functional groups attached to an aromatic ring is 1. The van der Waals surface area contributed by atoms with E-state index in [-0.39, 0.29) is 5.75 Å². The monoisotopic (exact) mass is 270 g/mol. The van der Waals surface area contributed by atoms with Gasteiger partial charge in [0.1, 0.15) is 5.75 Å². The molecule has 1 aliphatic carbocycles. The van der Waals surface area contributed by atoms with Crippen LogP contribution in [0.25, 0.3) is 0 Å². The van der Waals surface area contributed by atoms with E-state index in [1.54, 1.807) is 18.2 Å². The van der Waals surface area contributed by atoms with Gasteiger partial charge in [-0.3, -0.25) is 4.72 Å². The number of methoxy groups -OCH3 is 1. The summed E-state index contributed by atoms with van der Waals surface area (Å²) in [4.78, 5) is 0. The Labute approximate surface area is 107 Å². The van der Waals surface area contributed by atoms with Crippen LogP contribution in [0, 0.1) is 5.92 Å². The van der Waals surface area contributed by atoms with Crippen LogP contribution in [0.2, 0.25) is 0 Å². The Morgan fingerprint density at radius 2 is 2.17 bits per heavy atom. The van der Waals surface area contributed by atoms with Gasteiger partial charge in [0, 0.05) is 11.8 Å². The molecule has 0 unspecified atom stereocenters. The van der Waals surface area contributed by atoms with E-state index in [1.807, 2.05) is 0 Å². The quantitative estimate of drug-likeness (QED) is 0.773. The Morgan fingerprint density at radius 3 is 2.78 bits per heavy atom. The summed E-state index contributed by atoms with van der Waals surface area (Å²) < 4.78 is 31.4. The Morgan fingerprint density at radius 1 is 1.44 bits per heavy atom. The van der Waals surface area contributed by atoms with Gasteiger partial charge < -0.3 is 10.5 Å². The molecule has 1 aromatic rings. The van der Waals surface area contributed by atoms with E-state index in [0.29, 0.717) is 23.0 Å². The molecule has 0 atom stereocenters. The standard InChI is InChI=1S/C12H18N2O3S/c1-17-12-8-10(13)4-5-11(12)14-18(15,16)7-6-9-2-3-9/h4-5,8-9,14H,2-3,6-7,13H2,1H3. The molecule has 0 bridgehead atoms. The van der Waals surface area contributed by atoms with E-state index in [9.17, 15) is 8.42 Å². The summed E-state index contributed by atoms with van der Waals surface area (Å²) in [5.41, 5.74) is 6.58. The molecule has 18 heavy (non-hydrogen) atoms. The van der Waals surface area contributed by atoms with Crippen molar-refractivity contribution in [1.82, 2.24) is 0 Å². The van der Waals surface area contributed by atoms with Crippen molar-refractivity contribution in [3.63, 3.8) is 0 Å². The minimum atomic E-state index is -3.31. The van der Waals surface area contributed by atoms with Crippen LogP contribution in [-0.4, -0.2) is 21.3 Å². The number of hydrogen-bond acceptors (Lipinski definition) is 4. The number of nitrogens with one attached hydrogen (secondary N) is 1. The summed E-state index contributed by atoms with van der Waals surface area (Å²) in [6, 6.07) is 4.85. The molecule has 0 spiro atoms. The van der Waals surface area contributed by atoms with E-state index in [1.165, 1.54) is 7.11 Å². The lowest BCUT2D eigenvalue weighted by Crippen LogP contribution is -2.17. The van der Waals surface area contributed by atoms with Gasteiger partial charge in [0.2, 0.25) is 10.0 Å². The molecule has 100 valence electrons. The molecule has 0 saturated heterocycles. The zero-order valence-electron chi connectivity index (χ0n) is 10.3. The van der Waals surface area contributed by atoms with Crippen LogP contribution in [0.15, 0.2) is 18.2 Å². The Balaban J connectivity index is 2.06. The topological polar surface area (TPSA) is 81.4 Å². The lowest BCUT2D eigenvalue weighted by Gasteiger charge is -2.12. The van der Waals surface area contributed by atoms with Gasteiger partial charge in [-0.15, -0.1) is 0 Å². The van der Waals surface area contributed by atoms with Crippen molar-refractivity contribution in [3.05, 3.63) is 18.2 Å². The fourth-order valence-corrected chi connectivity index (χ4v) is 2.99. The second-order valence-corrected chi connectivity index (χ2v) is 6.45. The highest BCUT2D eigenvalue weighted by Crippen LogP contribution is 2.33. The molecular formula is C12H18N2O3S. The van der Waals surface area contributed by atoms with Gasteiger partial charge in [-0.1, -0.05) is 12.8 Å². The van der Waals surface area contributed by atoms with E-state index in [4.69, 9.17) is 10.5 Å². The number of anilines is 2. The van der Waals surface area contributed by atoms with Crippen molar-refractivity contribution in [1.29, 1.82) is 0 Å². The van der Waals surface area contributed by atoms with Crippen molar-refractivity contribution in [2.75, 3.05) is 23.3 Å². The lowest BCUT2D eigenvalue weighted by atomic mass is 10.2. The summed E-state index contributed by atoms with van der Waals surface area (Å²) >= 11 is 0. The molecule has 5 nitrogen and oxygen atoms in total. The smallest absolute Gasteiger partial charge is 0.232 e. The molecule has 0 heterocycles. The van der Waals surface area contributed by atoms with Crippen LogP contribution in [-0.2, 0) is 10.0 Å². The number of benzene rings is 1. The number of hydrogen-bond donors (Lipinski definition) is 2. The molecule has 0 aliphatic heterocycles. The third-order valence-electron chi connectivity index (χ3n) is 2.98. The first kappa shape index (κ1) is 13.0. The molecule has 6 heteroatoms. The van der Waals surface area contributed by atoms with Crippen LogP contribution < -0.4 is 15.2 Å². The Bertz CT molecular complexity index is 524. The highest BCUT2D eigenvalue weighted by molar-refractivity contribution is 7.92. The van der Waals surface area contributed by atoms with E-state index >= 15 is 0 Å². The molecule has 1 aromatic carbocycles. The van der Waals surface area contributed by atoms with Gasteiger partial charge >= 0.3 is 0 Å². The molecule has 1 aliphatic rings. The summed E-state index contributed by atoms with van der Waals surface area (Å²) in [7, 11) is -1.82. The molecule has 0 radical (unpaired) electrons. The van der Waals surface area contributed by atoms with Crippen molar-refractivity contribution < 1.29 is 13.2 Å². The number of ether oxygens (including phenoxy) is 1. The fraction of sp³-hybridized carbons (Fsp3) is 0.500. The maximum Gasteiger partial charge on any atom is 0.232 e. The molecular weight excluding hydrogens is 252 g/mol. The zero-order chi connectivity index (χ0) is 13.2. The largest absolute Gasteiger partial charge is 0.494 e. The zero-order valence-corrected chi connectivity index (χ0v) is 11.2. The van der Waals surface area contributed by atoms with E-state index in [2.05, 4.69) is 4.72 Å². The number of sulfonamides is 1. The first-order valence-electron chi connectivity index (χ1n) is 5.94. The SMILES string of the molecule is COc1cc(N)ccc1NS(=O)(=O)CCC1CC1. The van der Waals surface area contributed by atoms with Crippen LogP contribution in [0.4, 0.5) is 11.4 Å². The van der Waals surface area contributed by atoms with Crippen molar-refractivity contribution in [2.24, 2.45) is 5.92 Å². The fourth-order valence-electron chi connectivity index (χ4n) is 1.74. The van der Waals surface area contributed by atoms with Crippen LogP contribution in [0.3, 0.4) is 0 Å². The average molecular weight is 270 g/mol. The Kier molecular flexibility index (Phi) is 3.65.